The summed E-state index contributed by atoms with van der Waals surface area (Å²) in [5, 5.41) is 3.22. The maximum absolute atomic E-state index is 13.2. The van der Waals surface area contributed by atoms with Crippen molar-refractivity contribution in [3.05, 3.63) is 52.3 Å². The Balaban J connectivity index is 2.19. The zero-order valence-corrected chi connectivity index (χ0v) is 12.8. The van der Waals surface area contributed by atoms with E-state index in [2.05, 4.69) is 21.2 Å². The fraction of sp³-hybridized carbons (Fsp3) is 0.200. The molecule has 3 nitrogen and oxygen atoms in total. The quantitative estimate of drug-likeness (QED) is 0.884. The van der Waals surface area contributed by atoms with Crippen LogP contribution < -0.4 is 14.8 Å². The van der Waals surface area contributed by atoms with Crippen LogP contribution in [-0.2, 0) is 6.54 Å². The first-order valence-corrected chi connectivity index (χ1v) is 6.83. The second-order valence-corrected chi connectivity index (χ2v) is 5.01. The van der Waals surface area contributed by atoms with E-state index in [1.54, 1.807) is 20.3 Å². The van der Waals surface area contributed by atoms with Gasteiger partial charge in [0.2, 0.25) is 0 Å². The van der Waals surface area contributed by atoms with Gasteiger partial charge in [-0.3, -0.25) is 0 Å². The number of rotatable bonds is 5. The summed E-state index contributed by atoms with van der Waals surface area (Å²) in [5.41, 5.74) is 1.62. The standard InChI is InChI=1S/C15H15BrFNO2/c1-19-12-4-6-15(20-2)14(8-12)18-9-10-7-11(17)3-5-13(10)16/h3-8,18H,9H2,1-2H3. The van der Waals surface area contributed by atoms with Gasteiger partial charge in [0.1, 0.15) is 17.3 Å². The third-order valence-corrected chi connectivity index (χ3v) is 3.66. The van der Waals surface area contributed by atoms with Crippen LogP contribution in [0.25, 0.3) is 0 Å². The van der Waals surface area contributed by atoms with Crippen LogP contribution in [0.1, 0.15) is 5.56 Å². The predicted molar refractivity (Wildman–Crippen MR) is 81.0 cm³/mol. The molecule has 0 fully saturated rings. The number of hydrogen-bond donors (Lipinski definition) is 1. The van der Waals surface area contributed by atoms with Crippen molar-refractivity contribution in [3.63, 3.8) is 0 Å². The summed E-state index contributed by atoms with van der Waals surface area (Å²) in [5.74, 6) is 1.17. The van der Waals surface area contributed by atoms with E-state index in [1.807, 2.05) is 18.2 Å². The van der Waals surface area contributed by atoms with Gasteiger partial charge in [-0.15, -0.1) is 0 Å². The molecular weight excluding hydrogens is 325 g/mol. The highest BCUT2D eigenvalue weighted by atomic mass is 79.9. The Bertz CT molecular complexity index is 604. The second-order valence-electron chi connectivity index (χ2n) is 4.16. The molecule has 2 rings (SSSR count). The third kappa shape index (κ3) is 3.42. The molecule has 0 aliphatic heterocycles. The number of methoxy groups -OCH3 is 2. The summed E-state index contributed by atoms with van der Waals surface area (Å²) in [7, 11) is 3.21. The minimum absolute atomic E-state index is 0.261. The average Bonchev–Trinajstić information content (AvgIpc) is 2.47. The molecule has 5 heteroatoms. The molecule has 0 aromatic heterocycles. The van der Waals surface area contributed by atoms with Gasteiger partial charge < -0.3 is 14.8 Å². The molecule has 0 spiro atoms. The monoisotopic (exact) mass is 339 g/mol. The van der Waals surface area contributed by atoms with Crippen molar-refractivity contribution in [3.8, 4) is 11.5 Å². The van der Waals surface area contributed by atoms with E-state index in [9.17, 15) is 4.39 Å². The molecule has 0 amide bonds. The van der Waals surface area contributed by atoms with Crippen molar-refractivity contribution in [2.45, 2.75) is 6.54 Å². The summed E-state index contributed by atoms with van der Waals surface area (Å²) in [6.45, 7) is 0.474. The molecule has 0 unspecified atom stereocenters. The predicted octanol–water partition coefficient (Wildman–Crippen LogP) is 4.22. The van der Waals surface area contributed by atoms with Gasteiger partial charge in [-0.2, -0.15) is 0 Å². The molecule has 2 aromatic carbocycles. The highest BCUT2D eigenvalue weighted by molar-refractivity contribution is 9.10. The van der Waals surface area contributed by atoms with Crippen molar-refractivity contribution < 1.29 is 13.9 Å². The van der Waals surface area contributed by atoms with Gasteiger partial charge in [-0.05, 0) is 35.9 Å². The van der Waals surface area contributed by atoms with E-state index in [0.717, 1.165) is 21.5 Å². The lowest BCUT2D eigenvalue weighted by molar-refractivity contribution is 0.404. The lowest BCUT2D eigenvalue weighted by Gasteiger charge is -2.13. The fourth-order valence-electron chi connectivity index (χ4n) is 1.82. The van der Waals surface area contributed by atoms with E-state index in [4.69, 9.17) is 9.47 Å². The molecule has 0 atom stereocenters. The van der Waals surface area contributed by atoms with Crippen LogP contribution in [0.3, 0.4) is 0 Å². The Morgan fingerprint density at radius 3 is 2.60 bits per heavy atom. The van der Waals surface area contributed by atoms with Crippen molar-refractivity contribution in [2.75, 3.05) is 19.5 Å². The van der Waals surface area contributed by atoms with Crippen LogP contribution in [0.4, 0.5) is 10.1 Å². The van der Waals surface area contributed by atoms with Gasteiger partial charge >= 0.3 is 0 Å². The van der Waals surface area contributed by atoms with E-state index in [-0.39, 0.29) is 5.82 Å². The normalized spacial score (nSPS) is 10.2. The first kappa shape index (κ1) is 14.7. The molecule has 1 N–H and O–H groups in total. The zero-order chi connectivity index (χ0) is 14.5. The minimum atomic E-state index is -0.261. The van der Waals surface area contributed by atoms with Crippen molar-refractivity contribution in [2.24, 2.45) is 0 Å². The molecule has 0 saturated heterocycles. The third-order valence-electron chi connectivity index (χ3n) is 2.88. The average molecular weight is 340 g/mol. The van der Waals surface area contributed by atoms with Gasteiger partial charge in [0.05, 0.1) is 19.9 Å². The lowest BCUT2D eigenvalue weighted by Crippen LogP contribution is -2.03. The molecule has 0 aliphatic carbocycles. The molecule has 0 heterocycles. The van der Waals surface area contributed by atoms with Crippen LogP contribution in [0, 0.1) is 5.82 Å². The molecule has 0 radical (unpaired) electrons. The van der Waals surface area contributed by atoms with Crippen LogP contribution in [0.15, 0.2) is 40.9 Å². The topological polar surface area (TPSA) is 30.5 Å². The number of benzene rings is 2. The minimum Gasteiger partial charge on any atom is -0.497 e. The largest absolute Gasteiger partial charge is 0.497 e. The summed E-state index contributed by atoms with van der Waals surface area (Å²) >= 11 is 3.41. The highest BCUT2D eigenvalue weighted by Gasteiger charge is 2.07. The molecule has 106 valence electrons. The summed E-state index contributed by atoms with van der Waals surface area (Å²) in [4.78, 5) is 0. The Labute approximate surface area is 125 Å². The van der Waals surface area contributed by atoms with E-state index in [0.29, 0.717) is 12.3 Å². The Hall–Kier alpha value is -1.75. The van der Waals surface area contributed by atoms with E-state index in [1.165, 1.54) is 12.1 Å². The Morgan fingerprint density at radius 2 is 1.90 bits per heavy atom. The van der Waals surface area contributed by atoms with Gasteiger partial charge in [0.25, 0.3) is 0 Å². The van der Waals surface area contributed by atoms with Crippen LogP contribution >= 0.6 is 15.9 Å². The molecule has 2 aromatic rings. The van der Waals surface area contributed by atoms with Crippen LogP contribution in [-0.4, -0.2) is 14.2 Å². The summed E-state index contributed by atoms with van der Waals surface area (Å²) in [6.07, 6.45) is 0. The summed E-state index contributed by atoms with van der Waals surface area (Å²) < 4.78 is 24.6. The van der Waals surface area contributed by atoms with Gasteiger partial charge in [-0.1, -0.05) is 15.9 Å². The molecular formula is C15H15BrFNO2. The number of hydrogen-bond acceptors (Lipinski definition) is 3. The number of nitrogens with one attached hydrogen (secondary N) is 1. The van der Waals surface area contributed by atoms with E-state index >= 15 is 0 Å². The van der Waals surface area contributed by atoms with Gasteiger partial charge in [0.15, 0.2) is 0 Å². The maximum Gasteiger partial charge on any atom is 0.142 e. The fourth-order valence-corrected chi connectivity index (χ4v) is 2.21. The zero-order valence-electron chi connectivity index (χ0n) is 11.2. The first-order valence-electron chi connectivity index (χ1n) is 6.04. The Kier molecular flexibility index (Phi) is 4.84. The number of ether oxygens (including phenoxy) is 2. The van der Waals surface area contributed by atoms with Crippen LogP contribution in [0.2, 0.25) is 0 Å². The second kappa shape index (κ2) is 6.61. The molecule has 20 heavy (non-hydrogen) atoms. The van der Waals surface area contributed by atoms with Crippen LogP contribution in [0.5, 0.6) is 11.5 Å². The summed E-state index contributed by atoms with van der Waals surface area (Å²) in [6, 6.07) is 10.1. The van der Waals surface area contributed by atoms with Gasteiger partial charge in [0, 0.05) is 17.1 Å². The van der Waals surface area contributed by atoms with Crippen molar-refractivity contribution in [1.29, 1.82) is 0 Å². The highest BCUT2D eigenvalue weighted by Crippen LogP contribution is 2.30. The van der Waals surface area contributed by atoms with Crippen molar-refractivity contribution >= 4 is 21.6 Å². The maximum atomic E-state index is 13.2. The smallest absolute Gasteiger partial charge is 0.142 e. The number of anilines is 1. The molecule has 0 bridgehead atoms. The lowest BCUT2D eigenvalue weighted by atomic mass is 10.2. The van der Waals surface area contributed by atoms with E-state index < -0.39 is 0 Å². The SMILES string of the molecule is COc1ccc(OC)c(NCc2cc(F)ccc2Br)c1. The Morgan fingerprint density at radius 1 is 1.10 bits per heavy atom. The number of halogens is 2. The molecule has 0 aliphatic rings. The first-order chi connectivity index (χ1) is 9.63. The van der Waals surface area contributed by atoms with Gasteiger partial charge in [-0.25, -0.2) is 4.39 Å². The molecule has 0 saturated carbocycles. The van der Waals surface area contributed by atoms with Crippen molar-refractivity contribution in [1.82, 2.24) is 0 Å².